The SMILES string of the molecule is OC(COCc1ccc(Cl)cc1)CSc1nnc(-c2ccc(Cl)cc2)n1Cc1ccco1. The molecule has 166 valence electrons. The second-order valence-electron chi connectivity index (χ2n) is 7.09. The van der Waals surface area contributed by atoms with Crippen molar-refractivity contribution < 1.29 is 14.3 Å². The maximum Gasteiger partial charge on any atom is 0.192 e. The smallest absolute Gasteiger partial charge is 0.192 e. The molecule has 0 aliphatic rings. The van der Waals surface area contributed by atoms with Crippen molar-refractivity contribution in [3.63, 3.8) is 0 Å². The van der Waals surface area contributed by atoms with Crippen molar-refractivity contribution in [2.45, 2.75) is 24.4 Å². The molecule has 1 unspecified atom stereocenters. The molecule has 9 heteroatoms. The van der Waals surface area contributed by atoms with Gasteiger partial charge in [-0.25, -0.2) is 0 Å². The van der Waals surface area contributed by atoms with E-state index >= 15 is 0 Å². The van der Waals surface area contributed by atoms with E-state index in [1.807, 2.05) is 65.2 Å². The highest BCUT2D eigenvalue weighted by molar-refractivity contribution is 7.99. The number of benzene rings is 2. The lowest BCUT2D eigenvalue weighted by atomic mass is 10.2. The minimum absolute atomic E-state index is 0.214. The van der Waals surface area contributed by atoms with Gasteiger partial charge >= 0.3 is 0 Å². The molecule has 1 N–H and O–H groups in total. The van der Waals surface area contributed by atoms with Crippen LogP contribution in [0, 0.1) is 0 Å². The molecular formula is C23H21Cl2N3O3S. The van der Waals surface area contributed by atoms with Crippen LogP contribution in [0.2, 0.25) is 10.0 Å². The van der Waals surface area contributed by atoms with Gasteiger partial charge in [-0.2, -0.15) is 0 Å². The Kier molecular flexibility index (Phi) is 7.89. The maximum atomic E-state index is 10.4. The summed E-state index contributed by atoms with van der Waals surface area (Å²) in [4.78, 5) is 0. The molecule has 2 aromatic heterocycles. The average Bonchev–Trinajstić information content (AvgIpc) is 3.45. The van der Waals surface area contributed by atoms with Gasteiger partial charge in [0.05, 0.1) is 32.1 Å². The summed E-state index contributed by atoms with van der Waals surface area (Å²) in [5, 5.41) is 21.1. The fourth-order valence-corrected chi connectivity index (χ4v) is 4.12. The lowest BCUT2D eigenvalue weighted by Gasteiger charge is -2.12. The van der Waals surface area contributed by atoms with E-state index in [1.165, 1.54) is 11.8 Å². The van der Waals surface area contributed by atoms with Crippen molar-refractivity contribution in [3.05, 3.63) is 88.3 Å². The molecule has 0 spiro atoms. The first kappa shape index (κ1) is 22.9. The fourth-order valence-electron chi connectivity index (χ4n) is 3.02. The van der Waals surface area contributed by atoms with Crippen molar-refractivity contribution in [2.75, 3.05) is 12.4 Å². The first-order valence-electron chi connectivity index (χ1n) is 9.93. The molecule has 0 saturated heterocycles. The molecule has 0 saturated carbocycles. The van der Waals surface area contributed by atoms with E-state index in [-0.39, 0.29) is 6.61 Å². The van der Waals surface area contributed by atoms with Crippen LogP contribution >= 0.6 is 35.0 Å². The number of nitrogens with zero attached hydrogens (tertiary/aromatic N) is 3. The zero-order valence-electron chi connectivity index (χ0n) is 17.0. The quantitative estimate of drug-likeness (QED) is 0.294. The van der Waals surface area contributed by atoms with Crippen LogP contribution in [0.3, 0.4) is 0 Å². The summed E-state index contributed by atoms with van der Waals surface area (Å²) in [6.45, 7) is 1.10. The molecule has 0 aliphatic heterocycles. The molecule has 6 nitrogen and oxygen atoms in total. The summed E-state index contributed by atoms with van der Waals surface area (Å²) >= 11 is 13.3. The van der Waals surface area contributed by atoms with E-state index in [0.717, 1.165) is 16.9 Å². The summed E-state index contributed by atoms with van der Waals surface area (Å²) in [6.07, 6.45) is 0.982. The first-order valence-corrected chi connectivity index (χ1v) is 11.7. The van der Waals surface area contributed by atoms with Crippen LogP contribution in [0.4, 0.5) is 0 Å². The lowest BCUT2D eigenvalue weighted by molar-refractivity contribution is 0.0397. The third kappa shape index (κ3) is 6.15. The monoisotopic (exact) mass is 489 g/mol. The van der Waals surface area contributed by atoms with Gasteiger partial charge in [-0.3, -0.25) is 4.57 Å². The largest absolute Gasteiger partial charge is 0.467 e. The van der Waals surface area contributed by atoms with Gasteiger partial charge in [-0.05, 0) is 54.1 Å². The Balaban J connectivity index is 1.39. The highest BCUT2D eigenvalue weighted by atomic mass is 35.5. The summed E-state index contributed by atoms with van der Waals surface area (Å²) in [5.74, 6) is 1.90. The van der Waals surface area contributed by atoms with E-state index in [9.17, 15) is 5.11 Å². The van der Waals surface area contributed by atoms with Gasteiger partial charge < -0.3 is 14.3 Å². The standard InChI is InChI=1S/C23H21Cl2N3O3S/c24-18-7-3-16(4-8-18)13-30-14-20(29)15-32-23-27-26-22(17-5-9-19(25)10-6-17)28(23)12-21-2-1-11-31-21/h1-11,20,29H,12-15H2. The molecule has 0 amide bonds. The second-order valence-corrected chi connectivity index (χ2v) is 8.95. The molecule has 0 radical (unpaired) electrons. The number of rotatable bonds is 10. The summed E-state index contributed by atoms with van der Waals surface area (Å²) in [6, 6.07) is 18.6. The van der Waals surface area contributed by atoms with E-state index in [1.54, 1.807) is 6.26 Å². The van der Waals surface area contributed by atoms with Crippen molar-refractivity contribution in [3.8, 4) is 11.4 Å². The zero-order valence-corrected chi connectivity index (χ0v) is 19.4. The lowest BCUT2D eigenvalue weighted by Crippen LogP contribution is -2.18. The molecule has 0 fully saturated rings. The molecule has 4 aromatic rings. The topological polar surface area (TPSA) is 73.3 Å². The van der Waals surface area contributed by atoms with Gasteiger partial charge in [0.1, 0.15) is 5.76 Å². The number of aliphatic hydroxyl groups excluding tert-OH is 1. The Bertz CT molecular complexity index is 1120. The molecule has 2 heterocycles. The minimum Gasteiger partial charge on any atom is -0.467 e. The predicted octanol–water partition coefficient (Wildman–Crippen LogP) is 5.56. The fraction of sp³-hybridized carbons (Fsp3) is 0.217. The van der Waals surface area contributed by atoms with Crippen molar-refractivity contribution in [2.24, 2.45) is 0 Å². The second kappa shape index (κ2) is 11.0. The molecule has 32 heavy (non-hydrogen) atoms. The highest BCUT2D eigenvalue weighted by Gasteiger charge is 2.17. The van der Waals surface area contributed by atoms with Crippen LogP contribution in [0.15, 0.2) is 76.5 Å². The molecule has 0 bridgehead atoms. The average molecular weight is 490 g/mol. The number of hydrogen-bond donors (Lipinski definition) is 1. The van der Waals surface area contributed by atoms with Gasteiger partial charge in [-0.1, -0.05) is 47.1 Å². The molecule has 4 rings (SSSR count). The van der Waals surface area contributed by atoms with Crippen LogP contribution in [-0.4, -0.2) is 38.3 Å². The van der Waals surface area contributed by atoms with Gasteiger partial charge in [0, 0.05) is 21.4 Å². The Morgan fingerprint density at radius 2 is 1.72 bits per heavy atom. The zero-order chi connectivity index (χ0) is 22.3. The molecule has 0 aliphatic carbocycles. The summed E-state index contributed by atoms with van der Waals surface area (Å²) < 4.78 is 13.1. The Morgan fingerprint density at radius 1 is 1.00 bits per heavy atom. The van der Waals surface area contributed by atoms with E-state index in [0.29, 0.717) is 39.9 Å². The number of ether oxygens (including phenoxy) is 1. The highest BCUT2D eigenvalue weighted by Crippen LogP contribution is 2.27. The van der Waals surface area contributed by atoms with Crippen LogP contribution in [0.5, 0.6) is 0 Å². The third-order valence-electron chi connectivity index (χ3n) is 4.61. The van der Waals surface area contributed by atoms with Crippen LogP contribution in [0.25, 0.3) is 11.4 Å². The number of thioether (sulfide) groups is 1. The Hall–Kier alpha value is -2.29. The van der Waals surface area contributed by atoms with E-state index in [4.69, 9.17) is 32.4 Å². The van der Waals surface area contributed by atoms with Gasteiger partial charge in [0.15, 0.2) is 11.0 Å². The number of hydrogen-bond acceptors (Lipinski definition) is 6. The molecular weight excluding hydrogens is 469 g/mol. The van der Waals surface area contributed by atoms with Crippen LogP contribution < -0.4 is 0 Å². The summed E-state index contributed by atoms with van der Waals surface area (Å²) in [5.41, 5.74) is 1.90. The number of aromatic nitrogens is 3. The van der Waals surface area contributed by atoms with Gasteiger partial charge in [0.2, 0.25) is 0 Å². The number of halogens is 2. The maximum absolute atomic E-state index is 10.4. The van der Waals surface area contributed by atoms with Crippen LogP contribution in [0.1, 0.15) is 11.3 Å². The minimum atomic E-state index is -0.653. The van der Waals surface area contributed by atoms with Crippen molar-refractivity contribution >= 4 is 35.0 Å². The normalized spacial score (nSPS) is 12.2. The van der Waals surface area contributed by atoms with E-state index in [2.05, 4.69) is 10.2 Å². The van der Waals surface area contributed by atoms with Crippen molar-refractivity contribution in [1.82, 2.24) is 14.8 Å². The van der Waals surface area contributed by atoms with Gasteiger partial charge in [-0.15, -0.1) is 10.2 Å². The predicted molar refractivity (Wildman–Crippen MR) is 126 cm³/mol. The number of furan rings is 1. The Morgan fingerprint density at radius 3 is 2.41 bits per heavy atom. The van der Waals surface area contributed by atoms with E-state index < -0.39 is 6.10 Å². The molecule has 1 atom stereocenters. The van der Waals surface area contributed by atoms with Gasteiger partial charge in [0.25, 0.3) is 0 Å². The first-order chi connectivity index (χ1) is 15.6. The van der Waals surface area contributed by atoms with Crippen LogP contribution in [-0.2, 0) is 17.9 Å². The number of aliphatic hydroxyl groups is 1. The summed E-state index contributed by atoms with van der Waals surface area (Å²) in [7, 11) is 0. The van der Waals surface area contributed by atoms with Crippen molar-refractivity contribution in [1.29, 1.82) is 0 Å². The Labute approximate surface area is 200 Å². The molecule has 2 aromatic carbocycles. The third-order valence-corrected chi connectivity index (χ3v) is 6.23.